The van der Waals surface area contributed by atoms with Gasteiger partial charge in [-0.25, -0.2) is 0 Å². The van der Waals surface area contributed by atoms with Crippen molar-refractivity contribution < 1.29 is 39.8 Å². The molecule has 2 aliphatic carbocycles. The van der Waals surface area contributed by atoms with Crippen LogP contribution < -0.4 is 15.2 Å². The molecule has 3 atom stereocenters. The molecule has 264 valence electrons. The molecule has 1 fully saturated rings. The Morgan fingerprint density at radius 3 is 2.40 bits per heavy atom. The van der Waals surface area contributed by atoms with E-state index in [-0.39, 0.29) is 83.7 Å². The second-order valence-electron chi connectivity index (χ2n) is 13.8. The van der Waals surface area contributed by atoms with Crippen LogP contribution in [0.4, 0.5) is 0 Å². The highest BCUT2D eigenvalue weighted by Crippen LogP contribution is 2.58. The number of aliphatic hydroxyl groups excluding tert-OH is 1. The number of ketones is 1. The standard InChI is InChI=1S/C41H47NO8/c42-25-50-38-20-26(12-16-36(38)46)11-13-30(44)21-31(45)22-34-33-23-37(47)39(48)40(49-24-27-7-6-10-29(43)19-27)32(33)14-15-35(34)41(17-4-5-18-41)28-8-2-1-3-9-28/h1-3,6-10,12,16,19-20,23,31,34-35,43,45-48H,4-5,11,13-15,17-18,21-22,24-25,42H2/t31-,34-,35-/m0/s1. The second kappa shape index (κ2) is 15.4. The molecule has 9 nitrogen and oxygen atoms in total. The summed E-state index contributed by atoms with van der Waals surface area (Å²) < 4.78 is 11.5. The van der Waals surface area contributed by atoms with E-state index < -0.39 is 6.10 Å². The van der Waals surface area contributed by atoms with E-state index in [1.165, 1.54) is 11.6 Å². The fourth-order valence-corrected chi connectivity index (χ4v) is 8.50. The predicted octanol–water partition coefficient (Wildman–Crippen LogP) is 6.88. The third-order valence-electron chi connectivity index (χ3n) is 10.8. The third kappa shape index (κ3) is 7.54. The average molecular weight is 682 g/mol. The first-order valence-electron chi connectivity index (χ1n) is 17.6. The summed E-state index contributed by atoms with van der Waals surface area (Å²) in [6, 6.07) is 23.8. The number of ether oxygens (including phenoxy) is 2. The number of hydrogen-bond donors (Lipinski definition) is 6. The molecule has 50 heavy (non-hydrogen) atoms. The van der Waals surface area contributed by atoms with Gasteiger partial charge in [-0.15, -0.1) is 0 Å². The summed E-state index contributed by atoms with van der Waals surface area (Å²) in [6.07, 6.45) is 5.61. The lowest BCUT2D eigenvalue weighted by molar-refractivity contribution is -0.121. The van der Waals surface area contributed by atoms with Gasteiger partial charge in [0, 0.05) is 18.4 Å². The predicted molar refractivity (Wildman–Crippen MR) is 190 cm³/mol. The number of aliphatic hydroxyl groups is 1. The molecule has 0 aromatic heterocycles. The summed E-state index contributed by atoms with van der Waals surface area (Å²) >= 11 is 0. The summed E-state index contributed by atoms with van der Waals surface area (Å²) in [5.41, 5.74) is 9.76. The topological polar surface area (TPSA) is 163 Å². The minimum absolute atomic E-state index is 0.0218. The van der Waals surface area contributed by atoms with E-state index in [4.69, 9.17) is 15.2 Å². The van der Waals surface area contributed by atoms with Crippen molar-refractivity contribution in [2.24, 2.45) is 11.7 Å². The molecule has 0 unspecified atom stereocenters. The molecule has 7 N–H and O–H groups in total. The zero-order valence-electron chi connectivity index (χ0n) is 28.3. The van der Waals surface area contributed by atoms with Crippen LogP contribution in [0.15, 0.2) is 78.9 Å². The van der Waals surface area contributed by atoms with Gasteiger partial charge in [0.25, 0.3) is 0 Å². The number of aromatic hydroxyl groups is 4. The first kappa shape index (κ1) is 35.1. The van der Waals surface area contributed by atoms with Gasteiger partial charge in [-0.3, -0.25) is 10.5 Å². The Labute approximate surface area is 292 Å². The minimum Gasteiger partial charge on any atom is -0.508 e. The van der Waals surface area contributed by atoms with Gasteiger partial charge < -0.3 is 35.0 Å². The Hall–Kier alpha value is -4.73. The third-order valence-corrected chi connectivity index (χ3v) is 10.8. The SMILES string of the molecule is NCOc1cc(CCC(=O)C[C@H](O)C[C@H]2c3cc(O)c(O)c(OCc4cccc(O)c4)c3CC[C@@H]2C2(c3ccccc3)CCCC2)ccc1O. The fourth-order valence-electron chi connectivity index (χ4n) is 8.50. The van der Waals surface area contributed by atoms with E-state index in [1.54, 1.807) is 36.4 Å². The highest BCUT2D eigenvalue weighted by Gasteiger charge is 2.49. The van der Waals surface area contributed by atoms with Crippen molar-refractivity contribution in [2.75, 3.05) is 6.73 Å². The summed E-state index contributed by atoms with van der Waals surface area (Å²) in [6.45, 7) is -0.000521. The summed E-state index contributed by atoms with van der Waals surface area (Å²) in [4.78, 5) is 13.2. The van der Waals surface area contributed by atoms with Crippen molar-refractivity contribution in [1.82, 2.24) is 0 Å². The van der Waals surface area contributed by atoms with E-state index in [2.05, 4.69) is 24.3 Å². The van der Waals surface area contributed by atoms with Crippen LogP contribution in [0.2, 0.25) is 0 Å². The molecular weight excluding hydrogens is 634 g/mol. The van der Waals surface area contributed by atoms with Crippen molar-refractivity contribution in [2.45, 2.75) is 88.3 Å². The molecule has 0 spiro atoms. The van der Waals surface area contributed by atoms with Crippen molar-refractivity contribution in [3.63, 3.8) is 0 Å². The molecule has 0 saturated heterocycles. The van der Waals surface area contributed by atoms with Crippen LogP contribution >= 0.6 is 0 Å². The van der Waals surface area contributed by atoms with Gasteiger partial charge in [0.05, 0.1) is 6.10 Å². The number of nitrogens with two attached hydrogens (primary N) is 1. The normalized spacial score (nSPS) is 18.7. The summed E-state index contributed by atoms with van der Waals surface area (Å²) in [7, 11) is 0. The van der Waals surface area contributed by atoms with Crippen LogP contribution in [-0.4, -0.2) is 44.2 Å². The molecule has 9 heteroatoms. The maximum absolute atomic E-state index is 13.2. The molecule has 4 aromatic carbocycles. The highest BCUT2D eigenvalue weighted by atomic mass is 16.5. The number of benzene rings is 4. The molecule has 4 aromatic rings. The molecule has 0 radical (unpaired) electrons. The number of phenolic OH excluding ortho intramolecular Hbond substituents is 4. The van der Waals surface area contributed by atoms with Gasteiger partial charge in [-0.05, 0) is 108 Å². The Morgan fingerprint density at radius 1 is 0.880 bits per heavy atom. The molecule has 6 rings (SSSR count). The van der Waals surface area contributed by atoms with Crippen LogP contribution in [-0.2, 0) is 29.7 Å². The lowest BCUT2D eigenvalue weighted by atomic mass is 9.57. The zero-order chi connectivity index (χ0) is 35.3. The van der Waals surface area contributed by atoms with E-state index in [1.807, 2.05) is 12.1 Å². The first-order chi connectivity index (χ1) is 24.2. The van der Waals surface area contributed by atoms with E-state index >= 15 is 0 Å². The second-order valence-corrected chi connectivity index (χ2v) is 13.8. The number of hydrogen-bond acceptors (Lipinski definition) is 9. The first-order valence-corrected chi connectivity index (χ1v) is 17.6. The quantitative estimate of drug-likeness (QED) is 0.0615. The van der Waals surface area contributed by atoms with Gasteiger partial charge in [0.2, 0.25) is 5.75 Å². The number of carbonyl (C=O) groups excluding carboxylic acids is 1. The fraction of sp³-hybridized carbons (Fsp3) is 0.390. The lowest BCUT2D eigenvalue weighted by Crippen LogP contribution is -2.40. The van der Waals surface area contributed by atoms with E-state index in [0.29, 0.717) is 24.8 Å². The van der Waals surface area contributed by atoms with Crippen LogP contribution in [0.3, 0.4) is 0 Å². The summed E-state index contributed by atoms with van der Waals surface area (Å²) in [5.74, 6) is -0.248. The van der Waals surface area contributed by atoms with Gasteiger partial charge in [-0.1, -0.05) is 61.4 Å². The smallest absolute Gasteiger partial charge is 0.200 e. The highest BCUT2D eigenvalue weighted by molar-refractivity contribution is 5.79. The Balaban J connectivity index is 1.28. The van der Waals surface area contributed by atoms with Crippen LogP contribution in [0.1, 0.15) is 85.1 Å². The number of rotatable bonds is 14. The molecular formula is C41H47NO8. The Bertz CT molecular complexity index is 1790. The minimum atomic E-state index is -0.932. The van der Waals surface area contributed by atoms with Gasteiger partial charge in [-0.2, -0.15) is 0 Å². The van der Waals surface area contributed by atoms with E-state index in [0.717, 1.165) is 48.8 Å². The Kier molecular flexibility index (Phi) is 10.8. The van der Waals surface area contributed by atoms with Crippen molar-refractivity contribution in [3.8, 4) is 34.5 Å². The maximum atomic E-state index is 13.2. The van der Waals surface area contributed by atoms with Crippen LogP contribution in [0, 0.1) is 5.92 Å². The van der Waals surface area contributed by atoms with Gasteiger partial charge in [0.15, 0.2) is 23.0 Å². The zero-order valence-corrected chi connectivity index (χ0v) is 28.3. The average Bonchev–Trinajstić information content (AvgIpc) is 3.61. The van der Waals surface area contributed by atoms with Crippen molar-refractivity contribution >= 4 is 5.78 Å². The summed E-state index contributed by atoms with van der Waals surface area (Å²) in [5, 5.41) is 53.6. The lowest BCUT2D eigenvalue weighted by Gasteiger charge is -2.47. The number of aryl methyl sites for hydroxylation is 1. The van der Waals surface area contributed by atoms with Gasteiger partial charge >= 0.3 is 0 Å². The number of carbonyl (C=O) groups is 1. The maximum Gasteiger partial charge on any atom is 0.200 e. The van der Waals surface area contributed by atoms with Gasteiger partial charge in [0.1, 0.15) is 24.9 Å². The van der Waals surface area contributed by atoms with Crippen LogP contribution in [0.25, 0.3) is 0 Å². The molecule has 0 amide bonds. The van der Waals surface area contributed by atoms with Crippen molar-refractivity contribution in [3.05, 3.63) is 107 Å². The molecule has 0 bridgehead atoms. The molecule has 1 saturated carbocycles. The van der Waals surface area contributed by atoms with E-state index in [9.17, 15) is 30.3 Å². The molecule has 0 heterocycles. The largest absolute Gasteiger partial charge is 0.508 e. The van der Waals surface area contributed by atoms with Crippen molar-refractivity contribution in [1.29, 1.82) is 0 Å². The van der Waals surface area contributed by atoms with Crippen LogP contribution in [0.5, 0.6) is 34.5 Å². The number of Topliss-reactive ketones (excluding diaryl/α,β-unsaturated/α-hetero) is 1. The number of fused-ring (bicyclic) bond motifs is 1. The molecule has 0 aliphatic heterocycles. The number of phenols is 4. The molecule has 2 aliphatic rings. The monoisotopic (exact) mass is 681 g/mol. The Morgan fingerprint density at radius 2 is 1.66 bits per heavy atom.